The molecule has 1 aromatic carbocycles. The van der Waals surface area contributed by atoms with Crippen molar-refractivity contribution in [3.05, 3.63) is 35.4 Å². The second-order valence-electron chi connectivity index (χ2n) is 10.5. The summed E-state index contributed by atoms with van der Waals surface area (Å²) in [5.74, 6) is -1.37. The molecule has 2 atom stereocenters. The predicted molar refractivity (Wildman–Crippen MR) is 136 cm³/mol. The fourth-order valence-electron chi connectivity index (χ4n) is 3.78. The topological polar surface area (TPSA) is 114 Å². The van der Waals surface area contributed by atoms with Crippen LogP contribution in [-0.2, 0) is 23.9 Å². The highest BCUT2D eigenvalue weighted by molar-refractivity contribution is 5.92. The number of esters is 1. The highest BCUT2D eigenvalue weighted by Gasteiger charge is 2.44. The van der Waals surface area contributed by atoms with Gasteiger partial charge in [0.1, 0.15) is 17.7 Å². The van der Waals surface area contributed by atoms with E-state index in [1.165, 1.54) is 0 Å². The molecule has 0 aromatic heterocycles. The fourth-order valence-corrected chi connectivity index (χ4v) is 3.78. The Hall–Kier alpha value is -3.10. The number of nitrogens with one attached hydrogen (secondary N) is 2. The highest BCUT2D eigenvalue weighted by Crippen LogP contribution is 2.36. The van der Waals surface area contributed by atoms with Gasteiger partial charge in [0.15, 0.2) is 0 Å². The van der Waals surface area contributed by atoms with E-state index in [0.717, 1.165) is 18.4 Å². The Morgan fingerprint density at radius 1 is 1.08 bits per heavy atom. The van der Waals surface area contributed by atoms with E-state index in [0.29, 0.717) is 5.56 Å². The summed E-state index contributed by atoms with van der Waals surface area (Å²) in [6, 6.07) is 5.54. The lowest BCUT2D eigenvalue weighted by Crippen LogP contribution is -2.55. The molecule has 2 N–H and O–H groups in total. The van der Waals surface area contributed by atoms with E-state index in [1.54, 1.807) is 32.6 Å². The molecule has 200 valence electrons. The van der Waals surface area contributed by atoms with E-state index in [2.05, 4.69) is 10.6 Å². The van der Waals surface area contributed by atoms with Crippen molar-refractivity contribution in [2.24, 2.45) is 5.92 Å². The van der Waals surface area contributed by atoms with Crippen molar-refractivity contribution in [2.75, 3.05) is 13.2 Å². The number of aryl methyl sites for hydroxylation is 1. The van der Waals surface area contributed by atoms with Crippen LogP contribution < -0.4 is 10.6 Å². The molecule has 1 saturated carbocycles. The maximum Gasteiger partial charge on any atom is 0.408 e. The zero-order valence-corrected chi connectivity index (χ0v) is 22.6. The summed E-state index contributed by atoms with van der Waals surface area (Å²) in [5.41, 5.74) is 0.971. The molecule has 0 heterocycles. The molecule has 1 aromatic rings. The Kier molecular flexibility index (Phi) is 10.3. The van der Waals surface area contributed by atoms with Crippen molar-refractivity contribution in [2.45, 2.75) is 91.5 Å². The first-order valence-corrected chi connectivity index (χ1v) is 12.7. The number of amides is 3. The SMILES string of the molecule is CCOC(=O)CCNC(=O)C(c1ccc(C)cc1)N(C(=O)C(NC(=O)OC(C)(C)C)C(C)C)C1CC1. The van der Waals surface area contributed by atoms with Crippen molar-refractivity contribution < 1.29 is 28.7 Å². The van der Waals surface area contributed by atoms with Crippen LogP contribution in [0.15, 0.2) is 24.3 Å². The largest absolute Gasteiger partial charge is 0.466 e. The minimum absolute atomic E-state index is 0.0341. The third-order valence-electron chi connectivity index (χ3n) is 5.65. The lowest BCUT2D eigenvalue weighted by molar-refractivity contribution is -0.145. The number of ether oxygens (including phenoxy) is 2. The molecule has 0 bridgehead atoms. The smallest absolute Gasteiger partial charge is 0.408 e. The quantitative estimate of drug-likeness (QED) is 0.446. The van der Waals surface area contributed by atoms with E-state index in [9.17, 15) is 19.2 Å². The van der Waals surface area contributed by atoms with Crippen LogP contribution in [0, 0.1) is 12.8 Å². The molecule has 1 aliphatic rings. The zero-order valence-electron chi connectivity index (χ0n) is 22.6. The lowest BCUT2D eigenvalue weighted by Gasteiger charge is -2.35. The van der Waals surface area contributed by atoms with E-state index in [1.807, 2.05) is 45.0 Å². The van der Waals surface area contributed by atoms with Gasteiger partial charge in [-0.3, -0.25) is 14.4 Å². The minimum Gasteiger partial charge on any atom is -0.466 e. The predicted octanol–water partition coefficient (Wildman–Crippen LogP) is 3.65. The Morgan fingerprint density at radius 2 is 1.69 bits per heavy atom. The van der Waals surface area contributed by atoms with Crippen LogP contribution in [0.3, 0.4) is 0 Å². The van der Waals surface area contributed by atoms with Gasteiger partial charge in [-0.25, -0.2) is 4.79 Å². The van der Waals surface area contributed by atoms with Crippen LogP contribution in [-0.4, -0.2) is 59.6 Å². The molecule has 3 amide bonds. The molecule has 9 heteroatoms. The summed E-state index contributed by atoms with van der Waals surface area (Å²) >= 11 is 0. The number of hydrogen-bond donors (Lipinski definition) is 2. The maximum absolute atomic E-state index is 13.9. The normalized spacial score (nSPS) is 15.0. The van der Waals surface area contributed by atoms with E-state index >= 15 is 0 Å². The number of alkyl carbamates (subject to hydrolysis) is 1. The van der Waals surface area contributed by atoms with E-state index in [4.69, 9.17) is 9.47 Å². The number of hydrogen-bond acceptors (Lipinski definition) is 6. The molecule has 2 unspecified atom stereocenters. The number of rotatable bonds is 11. The summed E-state index contributed by atoms with van der Waals surface area (Å²) in [7, 11) is 0. The van der Waals surface area contributed by atoms with Crippen LogP contribution in [0.25, 0.3) is 0 Å². The number of carbonyl (C=O) groups excluding carboxylic acids is 4. The zero-order chi connectivity index (χ0) is 27.0. The van der Waals surface area contributed by atoms with Crippen LogP contribution >= 0.6 is 0 Å². The number of benzene rings is 1. The first-order valence-electron chi connectivity index (χ1n) is 12.7. The molecular formula is C27H41N3O6. The standard InChI is InChI=1S/C27H41N3O6/c1-8-35-21(31)15-16-28-24(32)23(19-11-9-18(4)10-12-19)30(20-13-14-20)25(33)22(17(2)3)29-26(34)36-27(5,6)7/h9-12,17,20,22-23H,8,13-16H2,1-7H3,(H,28,32)(H,29,34). The van der Waals surface area contributed by atoms with Gasteiger partial charge in [-0.2, -0.15) is 0 Å². The van der Waals surface area contributed by atoms with Crippen molar-refractivity contribution >= 4 is 23.9 Å². The molecule has 9 nitrogen and oxygen atoms in total. The molecular weight excluding hydrogens is 462 g/mol. The summed E-state index contributed by atoms with van der Waals surface area (Å²) < 4.78 is 10.3. The molecule has 2 rings (SSSR count). The Bertz CT molecular complexity index is 918. The van der Waals surface area contributed by atoms with Crippen molar-refractivity contribution in [3.63, 3.8) is 0 Å². The molecule has 1 aliphatic carbocycles. The minimum atomic E-state index is -0.908. The first kappa shape index (κ1) is 29.1. The van der Waals surface area contributed by atoms with E-state index in [-0.39, 0.29) is 43.3 Å². The van der Waals surface area contributed by atoms with Gasteiger partial charge in [0.25, 0.3) is 0 Å². The molecule has 0 radical (unpaired) electrons. The van der Waals surface area contributed by atoms with Crippen molar-refractivity contribution in [1.82, 2.24) is 15.5 Å². The van der Waals surface area contributed by atoms with E-state index < -0.39 is 29.7 Å². The summed E-state index contributed by atoms with van der Waals surface area (Å²) in [4.78, 5) is 53.3. The third kappa shape index (κ3) is 8.84. The van der Waals surface area contributed by atoms with Crippen LogP contribution in [0.4, 0.5) is 4.79 Å². The Balaban J connectivity index is 2.34. The van der Waals surface area contributed by atoms with Gasteiger partial charge in [0, 0.05) is 12.6 Å². The van der Waals surface area contributed by atoms with Crippen LogP contribution in [0.1, 0.15) is 78.0 Å². The summed E-state index contributed by atoms with van der Waals surface area (Å²) in [6.45, 7) is 13.0. The summed E-state index contributed by atoms with van der Waals surface area (Å²) in [5, 5.41) is 5.51. The number of nitrogens with zero attached hydrogens (tertiary/aromatic N) is 1. The average molecular weight is 504 g/mol. The van der Waals surface area contributed by atoms with Gasteiger partial charge in [-0.05, 0) is 58.9 Å². The van der Waals surface area contributed by atoms with Gasteiger partial charge in [0.2, 0.25) is 11.8 Å². The fraction of sp³-hybridized carbons (Fsp3) is 0.630. The van der Waals surface area contributed by atoms with Crippen LogP contribution in [0.5, 0.6) is 0 Å². The van der Waals surface area contributed by atoms with Gasteiger partial charge in [-0.15, -0.1) is 0 Å². The third-order valence-corrected chi connectivity index (χ3v) is 5.65. The monoisotopic (exact) mass is 503 g/mol. The van der Waals surface area contributed by atoms with Gasteiger partial charge in [-0.1, -0.05) is 43.7 Å². The molecule has 0 spiro atoms. The van der Waals surface area contributed by atoms with Gasteiger partial charge >= 0.3 is 12.1 Å². The van der Waals surface area contributed by atoms with Gasteiger partial charge < -0.3 is 25.0 Å². The average Bonchev–Trinajstić information content (AvgIpc) is 3.60. The van der Waals surface area contributed by atoms with Crippen molar-refractivity contribution in [1.29, 1.82) is 0 Å². The highest BCUT2D eigenvalue weighted by atomic mass is 16.6. The van der Waals surface area contributed by atoms with Gasteiger partial charge in [0.05, 0.1) is 13.0 Å². The molecule has 1 fully saturated rings. The van der Waals surface area contributed by atoms with Crippen LogP contribution in [0.2, 0.25) is 0 Å². The molecule has 0 aliphatic heterocycles. The first-order chi connectivity index (χ1) is 16.8. The van der Waals surface area contributed by atoms with Crippen molar-refractivity contribution in [3.8, 4) is 0 Å². The molecule has 36 heavy (non-hydrogen) atoms. The number of carbonyl (C=O) groups is 4. The maximum atomic E-state index is 13.9. The second kappa shape index (κ2) is 12.7. The Morgan fingerprint density at radius 3 is 2.19 bits per heavy atom. The second-order valence-corrected chi connectivity index (χ2v) is 10.5. The Labute approximate surface area is 214 Å². The summed E-state index contributed by atoms with van der Waals surface area (Å²) in [6.07, 6.45) is 0.881. The molecule has 0 saturated heterocycles. The lowest BCUT2D eigenvalue weighted by atomic mass is 9.98.